The smallest absolute Gasteiger partial charge is 0.417 e. The molecule has 0 fully saturated rings. The van der Waals surface area contributed by atoms with Gasteiger partial charge in [0.05, 0.1) is 11.1 Å². The molecule has 3 aromatic rings. The van der Waals surface area contributed by atoms with E-state index in [1.54, 1.807) is 12.3 Å². The van der Waals surface area contributed by atoms with Gasteiger partial charge in [0.2, 0.25) is 5.88 Å². The summed E-state index contributed by atoms with van der Waals surface area (Å²) < 4.78 is 47.0. The lowest BCUT2D eigenvalue weighted by Crippen LogP contribution is -2.28. The van der Waals surface area contributed by atoms with E-state index in [-0.39, 0.29) is 34.2 Å². The maximum Gasteiger partial charge on any atom is 0.417 e. The van der Waals surface area contributed by atoms with Crippen LogP contribution in [0.4, 0.5) is 13.2 Å². The Hall–Kier alpha value is -3.60. The summed E-state index contributed by atoms with van der Waals surface area (Å²) in [6.45, 7) is 6.47. The van der Waals surface area contributed by atoms with E-state index in [0.29, 0.717) is 6.54 Å². The molecule has 0 aliphatic carbocycles. The third kappa shape index (κ3) is 5.80. The van der Waals surface area contributed by atoms with Crippen LogP contribution < -0.4 is 15.8 Å². The maximum absolute atomic E-state index is 13.8. The van der Waals surface area contributed by atoms with Gasteiger partial charge in [-0.25, -0.2) is 4.98 Å². The highest BCUT2D eigenvalue weighted by Gasteiger charge is 2.34. The van der Waals surface area contributed by atoms with Gasteiger partial charge in [0.1, 0.15) is 11.4 Å². The van der Waals surface area contributed by atoms with E-state index < -0.39 is 17.6 Å². The van der Waals surface area contributed by atoms with Gasteiger partial charge in [0.15, 0.2) is 5.96 Å². The molecule has 0 bridgehead atoms. The second-order valence-corrected chi connectivity index (χ2v) is 7.23. The van der Waals surface area contributed by atoms with Crippen molar-refractivity contribution in [1.82, 2.24) is 20.2 Å². The number of alkyl halides is 3. The van der Waals surface area contributed by atoms with E-state index in [0.717, 1.165) is 30.8 Å². The Morgan fingerprint density at radius 3 is 2.61 bits per heavy atom. The zero-order valence-corrected chi connectivity index (χ0v) is 18.5. The number of ether oxygens (including phenoxy) is 1. The minimum absolute atomic E-state index is 0.0681. The van der Waals surface area contributed by atoms with Crippen molar-refractivity contribution in [3.05, 3.63) is 53.3 Å². The number of rotatable bonds is 7. The van der Waals surface area contributed by atoms with Crippen molar-refractivity contribution in [2.45, 2.75) is 26.6 Å². The van der Waals surface area contributed by atoms with Crippen LogP contribution in [0.5, 0.6) is 11.6 Å². The number of aliphatic imine (C=N–C) groups is 1. The summed E-state index contributed by atoms with van der Waals surface area (Å²) >= 11 is 0. The fraction of sp³-hybridized carbons (Fsp3) is 0.318. The van der Waals surface area contributed by atoms with Crippen molar-refractivity contribution >= 4 is 22.8 Å². The van der Waals surface area contributed by atoms with Crippen molar-refractivity contribution < 1.29 is 22.7 Å². The number of nitrogens with two attached hydrogens (primary N) is 1. The first kappa shape index (κ1) is 24.1. The monoisotopic (exact) mass is 462 g/mol. The molecule has 2 heterocycles. The zero-order valence-electron chi connectivity index (χ0n) is 18.5. The van der Waals surface area contributed by atoms with Gasteiger partial charge in [-0.1, -0.05) is 13.8 Å². The Kier molecular flexibility index (Phi) is 7.22. The Morgan fingerprint density at radius 2 is 1.97 bits per heavy atom. The molecule has 0 radical (unpaired) electrons. The van der Waals surface area contributed by atoms with Crippen LogP contribution in [-0.2, 0) is 12.7 Å². The van der Waals surface area contributed by atoms with E-state index in [9.17, 15) is 18.0 Å². The van der Waals surface area contributed by atoms with Crippen molar-refractivity contribution in [2.75, 3.05) is 20.1 Å². The van der Waals surface area contributed by atoms with Gasteiger partial charge in [0, 0.05) is 37.3 Å². The fourth-order valence-corrected chi connectivity index (χ4v) is 3.28. The number of carbonyl (C=O) groups excluding carboxylic acids is 1. The highest BCUT2D eigenvalue weighted by atomic mass is 19.4. The van der Waals surface area contributed by atoms with Crippen molar-refractivity contribution in [1.29, 1.82) is 0 Å². The van der Waals surface area contributed by atoms with Gasteiger partial charge in [-0.05, 0) is 36.9 Å². The molecule has 4 N–H and O–H groups in total. The van der Waals surface area contributed by atoms with Gasteiger partial charge in [-0.15, -0.1) is 0 Å². The molecule has 3 rings (SSSR count). The van der Waals surface area contributed by atoms with E-state index >= 15 is 0 Å². The minimum atomic E-state index is -4.68. The number of nitrogens with zero attached hydrogens (tertiary/aromatic N) is 3. The van der Waals surface area contributed by atoms with Crippen LogP contribution in [0.3, 0.4) is 0 Å². The SMILES string of the molecule is CCN(CC)Cc1ccnc(Oc2cc(C(F)(F)F)c3cc(C(=O)N=C(N)NC)[nH]c3c2)c1. The Labute approximate surface area is 188 Å². The molecular weight excluding hydrogens is 437 g/mol. The standard InChI is InChI=1S/C22H25F3N6O2/c1-4-31(5-2)12-13-6-7-28-19(8-13)33-14-9-16(22(23,24)25)15-11-18(29-17(15)10-14)20(32)30-21(26)27-3/h6-11,29H,4-5,12H2,1-3H3,(H3,26,27,30,32). The molecule has 0 saturated heterocycles. The number of carbonyl (C=O) groups is 1. The van der Waals surface area contributed by atoms with Crippen LogP contribution in [0.1, 0.15) is 35.5 Å². The first-order valence-electron chi connectivity index (χ1n) is 10.3. The number of hydrogen-bond acceptors (Lipinski definition) is 4. The molecule has 0 spiro atoms. The predicted molar refractivity (Wildman–Crippen MR) is 119 cm³/mol. The molecule has 0 aliphatic rings. The van der Waals surface area contributed by atoms with E-state index in [1.165, 1.54) is 13.1 Å². The Morgan fingerprint density at radius 1 is 1.24 bits per heavy atom. The van der Waals surface area contributed by atoms with E-state index in [2.05, 4.69) is 25.2 Å². The maximum atomic E-state index is 13.8. The number of H-pyrrole nitrogens is 1. The summed E-state index contributed by atoms with van der Waals surface area (Å²) in [6, 6.07) is 6.88. The highest BCUT2D eigenvalue weighted by Crippen LogP contribution is 2.39. The molecule has 0 atom stereocenters. The molecule has 176 valence electrons. The molecule has 8 nitrogen and oxygen atoms in total. The van der Waals surface area contributed by atoms with Crippen LogP contribution in [0.15, 0.2) is 41.5 Å². The second-order valence-electron chi connectivity index (χ2n) is 7.23. The lowest BCUT2D eigenvalue weighted by molar-refractivity contribution is -0.136. The van der Waals surface area contributed by atoms with Gasteiger partial charge < -0.3 is 20.8 Å². The molecule has 33 heavy (non-hydrogen) atoms. The largest absolute Gasteiger partial charge is 0.439 e. The summed E-state index contributed by atoms with van der Waals surface area (Å²) in [5.74, 6) is -0.864. The van der Waals surface area contributed by atoms with E-state index in [4.69, 9.17) is 10.5 Å². The number of aromatic nitrogens is 2. The summed E-state index contributed by atoms with van der Waals surface area (Å²) in [4.78, 5) is 24.8. The molecule has 1 aromatic carbocycles. The molecular formula is C22H25F3N6O2. The number of guanidine groups is 1. The third-order valence-electron chi connectivity index (χ3n) is 5.05. The third-order valence-corrected chi connectivity index (χ3v) is 5.05. The Balaban J connectivity index is 1.98. The number of benzene rings is 1. The fourth-order valence-electron chi connectivity index (χ4n) is 3.28. The molecule has 2 aromatic heterocycles. The first-order chi connectivity index (χ1) is 15.6. The van der Waals surface area contributed by atoms with Gasteiger partial charge in [0.25, 0.3) is 5.91 Å². The van der Waals surface area contributed by atoms with Crippen LogP contribution in [-0.4, -0.2) is 46.9 Å². The van der Waals surface area contributed by atoms with Gasteiger partial charge in [-0.2, -0.15) is 18.2 Å². The lowest BCUT2D eigenvalue weighted by atomic mass is 10.1. The predicted octanol–water partition coefficient (Wildman–Crippen LogP) is 3.89. The number of pyridine rings is 1. The zero-order chi connectivity index (χ0) is 24.2. The molecule has 11 heteroatoms. The van der Waals surface area contributed by atoms with Crippen LogP contribution in [0, 0.1) is 0 Å². The second kappa shape index (κ2) is 9.90. The number of amides is 1. The van der Waals surface area contributed by atoms with Gasteiger partial charge in [-0.3, -0.25) is 9.69 Å². The van der Waals surface area contributed by atoms with Crippen molar-refractivity contribution in [3.8, 4) is 11.6 Å². The summed E-state index contributed by atoms with van der Waals surface area (Å²) in [5.41, 5.74) is 5.38. The number of fused-ring (bicyclic) bond motifs is 1. The minimum Gasteiger partial charge on any atom is -0.439 e. The summed E-state index contributed by atoms with van der Waals surface area (Å²) in [7, 11) is 1.47. The van der Waals surface area contributed by atoms with Gasteiger partial charge >= 0.3 is 6.18 Å². The summed E-state index contributed by atoms with van der Waals surface area (Å²) in [6.07, 6.45) is -3.13. The highest BCUT2D eigenvalue weighted by molar-refractivity contribution is 6.04. The topological polar surface area (TPSA) is 109 Å². The average molecular weight is 462 g/mol. The van der Waals surface area contributed by atoms with Crippen LogP contribution in [0.2, 0.25) is 0 Å². The Bertz CT molecular complexity index is 1170. The first-order valence-corrected chi connectivity index (χ1v) is 10.3. The molecule has 0 aliphatic heterocycles. The van der Waals surface area contributed by atoms with Crippen molar-refractivity contribution in [2.24, 2.45) is 10.7 Å². The number of hydrogen-bond donors (Lipinski definition) is 3. The van der Waals surface area contributed by atoms with Crippen LogP contribution in [0.25, 0.3) is 10.9 Å². The lowest BCUT2D eigenvalue weighted by Gasteiger charge is -2.18. The average Bonchev–Trinajstić information content (AvgIpc) is 3.20. The van der Waals surface area contributed by atoms with Crippen LogP contribution >= 0.6 is 0 Å². The molecule has 0 saturated carbocycles. The normalized spacial score (nSPS) is 12.4. The summed E-state index contributed by atoms with van der Waals surface area (Å²) in [5, 5.41) is 2.30. The number of nitrogens with one attached hydrogen (secondary N) is 2. The quantitative estimate of drug-likeness (QED) is 0.363. The molecule has 1 amide bonds. The molecule has 0 unspecified atom stereocenters. The number of halogens is 3. The number of aromatic amines is 1. The van der Waals surface area contributed by atoms with E-state index in [1.807, 2.05) is 19.9 Å². The van der Waals surface area contributed by atoms with Crippen molar-refractivity contribution in [3.63, 3.8) is 0 Å².